The summed E-state index contributed by atoms with van der Waals surface area (Å²) < 4.78 is 19.1. The van der Waals surface area contributed by atoms with Crippen molar-refractivity contribution in [1.82, 2.24) is 4.98 Å². The highest BCUT2D eigenvalue weighted by Crippen LogP contribution is 2.28. The van der Waals surface area contributed by atoms with Crippen LogP contribution in [0, 0.1) is 12.7 Å². The minimum atomic E-state index is -0.996. The SMILES string of the molecule is Cc1ccc(OC2=Cc3nccc(C(=O)O)c3C2)cc1F. The summed E-state index contributed by atoms with van der Waals surface area (Å²) in [6.07, 6.45) is 3.47. The molecule has 5 heteroatoms. The predicted molar refractivity (Wildman–Crippen MR) is 74.6 cm³/mol. The molecule has 1 heterocycles. The van der Waals surface area contributed by atoms with Crippen molar-refractivity contribution in [3.8, 4) is 5.75 Å². The van der Waals surface area contributed by atoms with E-state index in [9.17, 15) is 9.18 Å². The molecule has 0 bridgehead atoms. The third-order valence-electron chi connectivity index (χ3n) is 3.36. The van der Waals surface area contributed by atoms with E-state index in [1.54, 1.807) is 25.1 Å². The van der Waals surface area contributed by atoms with Crippen LogP contribution in [-0.4, -0.2) is 16.1 Å². The number of rotatable bonds is 3. The lowest BCUT2D eigenvalue weighted by atomic mass is 10.1. The first-order valence-corrected chi connectivity index (χ1v) is 6.40. The lowest BCUT2D eigenvalue weighted by molar-refractivity contribution is 0.0695. The monoisotopic (exact) mass is 285 g/mol. The van der Waals surface area contributed by atoms with Gasteiger partial charge in [-0.2, -0.15) is 0 Å². The molecule has 0 aliphatic heterocycles. The Bertz CT molecular complexity index is 768. The summed E-state index contributed by atoms with van der Waals surface area (Å²) in [6, 6.07) is 6.08. The van der Waals surface area contributed by atoms with E-state index in [-0.39, 0.29) is 11.4 Å². The van der Waals surface area contributed by atoms with Crippen molar-refractivity contribution in [2.45, 2.75) is 13.3 Å². The molecular weight excluding hydrogens is 273 g/mol. The maximum Gasteiger partial charge on any atom is 0.336 e. The third-order valence-corrected chi connectivity index (χ3v) is 3.36. The molecule has 2 aromatic rings. The number of aryl methyl sites for hydroxylation is 1. The van der Waals surface area contributed by atoms with E-state index in [1.165, 1.54) is 18.3 Å². The van der Waals surface area contributed by atoms with Crippen LogP contribution in [0.4, 0.5) is 4.39 Å². The smallest absolute Gasteiger partial charge is 0.336 e. The Labute approximate surface area is 120 Å². The topological polar surface area (TPSA) is 59.4 Å². The number of carboxylic acids is 1. The maximum atomic E-state index is 13.5. The van der Waals surface area contributed by atoms with Gasteiger partial charge in [0.15, 0.2) is 0 Å². The quantitative estimate of drug-likeness (QED) is 0.940. The summed E-state index contributed by atoms with van der Waals surface area (Å²) in [5, 5.41) is 9.15. The number of allylic oxidation sites excluding steroid dienone is 1. The number of hydrogen-bond acceptors (Lipinski definition) is 3. The van der Waals surface area contributed by atoms with Crippen molar-refractivity contribution in [1.29, 1.82) is 0 Å². The van der Waals surface area contributed by atoms with Crippen molar-refractivity contribution in [2.24, 2.45) is 0 Å². The van der Waals surface area contributed by atoms with E-state index in [4.69, 9.17) is 9.84 Å². The van der Waals surface area contributed by atoms with E-state index in [1.807, 2.05) is 0 Å². The summed E-state index contributed by atoms with van der Waals surface area (Å²) in [4.78, 5) is 15.3. The molecule has 4 nitrogen and oxygen atoms in total. The number of pyridine rings is 1. The zero-order chi connectivity index (χ0) is 15.0. The van der Waals surface area contributed by atoms with Crippen molar-refractivity contribution in [3.63, 3.8) is 0 Å². The average Bonchev–Trinajstić information content (AvgIpc) is 2.84. The van der Waals surface area contributed by atoms with Gasteiger partial charge >= 0.3 is 5.97 Å². The number of carbonyl (C=O) groups is 1. The van der Waals surface area contributed by atoms with Crippen molar-refractivity contribution >= 4 is 12.0 Å². The molecule has 106 valence electrons. The highest BCUT2D eigenvalue weighted by Gasteiger charge is 2.22. The summed E-state index contributed by atoms with van der Waals surface area (Å²) in [7, 11) is 0. The second-order valence-electron chi connectivity index (χ2n) is 4.83. The number of aromatic nitrogens is 1. The fourth-order valence-corrected chi connectivity index (χ4v) is 2.25. The molecule has 0 fully saturated rings. The molecule has 3 rings (SSSR count). The van der Waals surface area contributed by atoms with Gasteiger partial charge in [-0.25, -0.2) is 9.18 Å². The number of nitrogens with zero attached hydrogens (tertiary/aromatic N) is 1. The molecule has 0 radical (unpaired) electrons. The van der Waals surface area contributed by atoms with E-state index >= 15 is 0 Å². The Kier molecular flexibility index (Phi) is 3.17. The number of benzene rings is 1. The highest BCUT2D eigenvalue weighted by molar-refractivity contribution is 5.91. The third kappa shape index (κ3) is 2.50. The van der Waals surface area contributed by atoms with Gasteiger partial charge in [0.1, 0.15) is 17.3 Å². The first kappa shape index (κ1) is 13.3. The zero-order valence-electron chi connectivity index (χ0n) is 11.3. The Morgan fingerprint density at radius 2 is 2.19 bits per heavy atom. The van der Waals surface area contributed by atoms with Crippen LogP contribution >= 0.6 is 0 Å². The van der Waals surface area contributed by atoms with Gasteiger partial charge in [-0.3, -0.25) is 4.98 Å². The van der Waals surface area contributed by atoms with Gasteiger partial charge in [0.2, 0.25) is 0 Å². The minimum Gasteiger partial charge on any atom is -0.478 e. The Morgan fingerprint density at radius 1 is 1.38 bits per heavy atom. The molecule has 1 N–H and O–H groups in total. The highest BCUT2D eigenvalue weighted by atomic mass is 19.1. The van der Waals surface area contributed by atoms with Gasteiger partial charge in [-0.15, -0.1) is 0 Å². The lowest BCUT2D eigenvalue weighted by Gasteiger charge is -2.07. The largest absolute Gasteiger partial charge is 0.478 e. The van der Waals surface area contributed by atoms with Gasteiger partial charge in [-0.05, 0) is 30.2 Å². The molecular formula is C16H12FNO3. The van der Waals surface area contributed by atoms with Gasteiger partial charge in [-0.1, -0.05) is 6.07 Å². The summed E-state index contributed by atoms with van der Waals surface area (Å²) in [6.45, 7) is 1.67. The predicted octanol–water partition coefficient (Wildman–Crippen LogP) is 3.20. The molecule has 21 heavy (non-hydrogen) atoms. The molecule has 1 aliphatic rings. The first-order chi connectivity index (χ1) is 10.0. The molecule has 1 aromatic carbocycles. The number of hydrogen-bond donors (Lipinski definition) is 1. The van der Waals surface area contributed by atoms with E-state index < -0.39 is 5.97 Å². The first-order valence-electron chi connectivity index (χ1n) is 6.40. The van der Waals surface area contributed by atoms with E-state index in [2.05, 4.69) is 4.98 Å². The standard InChI is InChI=1S/C16H12FNO3/c1-9-2-3-10(7-14(9)17)21-11-6-13-12(16(19)20)4-5-18-15(13)8-11/h2-5,7-8H,6H2,1H3,(H,19,20). The number of carboxylic acid groups (broad SMARTS) is 1. The number of fused-ring (bicyclic) bond motifs is 1. The number of ether oxygens (including phenoxy) is 1. The van der Waals surface area contributed by atoms with Crippen LogP contribution in [0.3, 0.4) is 0 Å². The van der Waals surface area contributed by atoms with Gasteiger partial charge < -0.3 is 9.84 Å². The molecule has 1 aliphatic carbocycles. The fraction of sp³-hybridized carbons (Fsp3) is 0.125. The van der Waals surface area contributed by atoms with Crippen molar-refractivity contribution in [3.05, 3.63) is 64.4 Å². The normalized spacial score (nSPS) is 12.8. The molecule has 0 atom stereocenters. The minimum absolute atomic E-state index is 0.213. The van der Waals surface area contributed by atoms with E-state index in [0.29, 0.717) is 34.8 Å². The second-order valence-corrected chi connectivity index (χ2v) is 4.83. The molecule has 0 saturated heterocycles. The van der Waals surface area contributed by atoms with Crippen LogP contribution in [0.5, 0.6) is 5.75 Å². The van der Waals surface area contributed by atoms with Crippen LogP contribution in [0.25, 0.3) is 6.08 Å². The van der Waals surface area contributed by atoms with Crippen LogP contribution in [-0.2, 0) is 6.42 Å². The fourth-order valence-electron chi connectivity index (χ4n) is 2.25. The molecule has 1 aromatic heterocycles. The van der Waals surface area contributed by atoms with Gasteiger partial charge in [0, 0.05) is 24.8 Å². The summed E-state index contributed by atoms with van der Waals surface area (Å²) in [5.74, 6) is -0.402. The van der Waals surface area contributed by atoms with Crippen molar-refractivity contribution < 1.29 is 19.0 Å². The average molecular weight is 285 g/mol. The number of halogens is 1. The summed E-state index contributed by atoms with van der Waals surface area (Å²) >= 11 is 0. The zero-order valence-corrected chi connectivity index (χ0v) is 11.3. The Balaban J connectivity index is 1.85. The lowest BCUT2D eigenvalue weighted by Crippen LogP contribution is -2.04. The van der Waals surface area contributed by atoms with Crippen LogP contribution in [0.2, 0.25) is 0 Å². The maximum absolute atomic E-state index is 13.5. The van der Waals surface area contributed by atoms with E-state index in [0.717, 1.165) is 0 Å². The van der Waals surface area contributed by atoms with Gasteiger partial charge in [0.05, 0.1) is 11.3 Å². The number of aromatic carboxylic acids is 1. The van der Waals surface area contributed by atoms with Crippen LogP contribution < -0.4 is 4.74 Å². The van der Waals surface area contributed by atoms with Crippen molar-refractivity contribution in [2.75, 3.05) is 0 Å². The van der Waals surface area contributed by atoms with Crippen LogP contribution in [0.1, 0.15) is 27.2 Å². The molecule has 0 spiro atoms. The molecule has 0 saturated carbocycles. The van der Waals surface area contributed by atoms with Crippen LogP contribution in [0.15, 0.2) is 36.2 Å². The Hall–Kier alpha value is -2.69. The van der Waals surface area contributed by atoms with Gasteiger partial charge in [0.25, 0.3) is 0 Å². The Morgan fingerprint density at radius 3 is 2.90 bits per heavy atom. The summed E-state index contributed by atoms with van der Waals surface area (Å²) in [5.41, 5.74) is 1.95. The second kappa shape index (κ2) is 5.01. The molecule has 0 amide bonds. The molecule has 0 unspecified atom stereocenters.